The Bertz CT molecular complexity index is 529. The second-order valence-electron chi connectivity index (χ2n) is 6.02. The van der Waals surface area contributed by atoms with Gasteiger partial charge in [-0.15, -0.1) is 24.0 Å². The van der Waals surface area contributed by atoms with E-state index in [2.05, 4.69) is 27.9 Å². The van der Waals surface area contributed by atoms with Gasteiger partial charge < -0.3 is 25.4 Å². The molecule has 1 aromatic rings. The Hall–Kier alpha value is -1.39. The van der Waals surface area contributed by atoms with Crippen LogP contribution >= 0.6 is 24.0 Å². The number of carbonyl (C=O) groups is 1. The fourth-order valence-electron chi connectivity index (χ4n) is 2.21. The van der Waals surface area contributed by atoms with Crippen LogP contribution in [0, 0.1) is 0 Å². The lowest BCUT2D eigenvalue weighted by molar-refractivity contribution is -0.121. The van der Waals surface area contributed by atoms with Gasteiger partial charge in [-0.25, -0.2) is 0 Å². The topological polar surface area (TPSA) is 84.0 Å². The molecule has 1 aromatic carbocycles. The summed E-state index contributed by atoms with van der Waals surface area (Å²) >= 11 is 0. The van der Waals surface area contributed by atoms with Crippen molar-refractivity contribution in [2.75, 3.05) is 46.6 Å². The van der Waals surface area contributed by atoms with Crippen LogP contribution in [-0.2, 0) is 20.8 Å². The first-order valence-corrected chi connectivity index (χ1v) is 9.67. The molecule has 0 unspecified atom stereocenters. The molecular formula is C20H35IN4O3. The van der Waals surface area contributed by atoms with Crippen molar-refractivity contribution in [2.45, 2.75) is 32.7 Å². The Labute approximate surface area is 186 Å². The summed E-state index contributed by atoms with van der Waals surface area (Å²) in [5.74, 6) is 0.668. The Morgan fingerprint density at radius 2 is 1.64 bits per heavy atom. The van der Waals surface area contributed by atoms with E-state index in [1.165, 1.54) is 0 Å². The predicted molar refractivity (Wildman–Crippen MR) is 124 cm³/mol. The van der Waals surface area contributed by atoms with Crippen molar-refractivity contribution in [2.24, 2.45) is 4.99 Å². The second kappa shape index (κ2) is 18.9. The smallest absolute Gasteiger partial charge is 0.222 e. The maximum Gasteiger partial charge on any atom is 0.222 e. The van der Waals surface area contributed by atoms with Crippen molar-refractivity contribution in [3.8, 4) is 0 Å². The SMILES string of the molecule is CCCCOCCOCCNC(=NC)NCCC(=O)NCc1ccccc1.I. The molecule has 0 heterocycles. The summed E-state index contributed by atoms with van der Waals surface area (Å²) in [4.78, 5) is 16.0. The zero-order valence-corrected chi connectivity index (χ0v) is 19.4. The van der Waals surface area contributed by atoms with Gasteiger partial charge in [0.25, 0.3) is 0 Å². The molecule has 0 saturated carbocycles. The average molecular weight is 506 g/mol. The minimum atomic E-state index is 0. The number of unbranched alkanes of at least 4 members (excludes halogenated alkanes) is 1. The van der Waals surface area contributed by atoms with E-state index in [9.17, 15) is 4.79 Å². The van der Waals surface area contributed by atoms with Crippen LogP contribution in [0.2, 0.25) is 0 Å². The summed E-state index contributed by atoms with van der Waals surface area (Å²) in [6.07, 6.45) is 2.62. The third-order valence-corrected chi connectivity index (χ3v) is 3.75. The van der Waals surface area contributed by atoms with Gasteiger partial charge in [-0.3, -0.25) is 9.79 Å². The van der Waals surface area contributed by atoms with E-state index in [0.717, 1.165) is 25.0 Å². The van der Waals surface area contributed by atoms with Crippen LogP contribution in [0.5, 0.6) is 0 Å². The van der Waals surface area contributed by atoms with Gasteiger partial charge in [0.2, 0.25) is 5.91 Å². The summed E-state index contributed by atoms with van der Waals surface area (Å²) in [7, 11) is 1.70. The highest BCUT2D eigenvalue weighted by Gasteiger charge is 2.02. The Kier molecular flexibility index (Phi) is 18.0. The third kappa shape index (κ3) is 14.6. The van der Waals surface area contributed by atoms with E-state index in [4.69, 9.17) is 9.47 Å². The molecule has 8 heteroatoms. The first-order valence-electron chi connectivity index (χ1n) is 9.67. The number of hydrogen-bond donors (Lipinski definition) is 3. The lowest BCUT2D eigenvalue weighted by atomic mass is 10.2. The molecule has 0 saturated heterocycles. The number of guanidine groups is 1. The average Bonchev–Trinajstić information content (AvgIpc) is 2.70. The minimum Gasteiger partial charge on any atom is -0.379 e. The van der Waals surface area contributed by atoms with E-state index < -0.39 is 0 Å². The number of nitrogens with one attached hydrogen (secondary N) is 3. The minimum absolute atomic E-state index is 0. The molecule has 160 valence electrons. The normalized spacial score (nSPS) is 10.9. The number of carbonyl (C=O) groups excluding carboxylic acids is 1. The molecule has 0 aliphatic carbocycles. The van der Waals surface area contributed by atoms with E-state index >= 15 is 0 Å². The van der Waals surface area contributed by atoms with Gasteiger partial charge in [-0.1, -0.05) is 43.7 Å². The van der Waals surface area contributed by atoms with E-state index in [1.54, 1.807) is 7.05 Å². The highest BCUT2D eigenvalue weighted by atomic mass is 127. The molecular weight excluding hydrogens is 471 g/mol. The number of amides is 1. The Morgan fingerprint density at radius 1 is 0.964 bits per heavy atom. The summed E-state index contributed by atoms with van der Waals surface area (Å²) in [5, 5.41) is 9.18. The molecule has 0 aliphatic rings. The van der Waals surface area contributed by atoms with Crippen molar-refractivity contribution in [3.05, 3.63) is 35.9 Å². The van der Waals surface area contributed by atoms with E-state index in [-0.39, 0.29) is 29.9 Å². The molecule has 3 N–H and O–H groups in total. The fourth-order valence-corrected chi connectivity index (χ4v) is 2.21. The van der Waals surface area contributed by atoms with Crippen molar-refractivity contribution in [1.82, 2.24) is 16.0 Å². The Balaban J connectivity index is 0.00000729. The van der Waals surface area contributed by atoms with Crippen molar-refractivity contribution >= 4 is 35.8 Å². The maximum absolute atomic E-state index is 11.9. The second-order valence-corrected chi connectivity index (χ2v) is 6.02. The highest BCUT2D eigenvalue weighted by Crippen LogP contribution is 1.97. The van der Waals surface area contributed by atoms with Gasteiger partial charge in [0.1, 0.15) is 0 Å². The van der Waals surface area contributed by atoms with Crippen molar-refractivity contribution in [1.29, 1.82) is 0 Å². The highest BCUT2D eigenvalue weighted by molar-refractivity contribution is 14.0. The van der Waals surface area contributed by atoms with Crippen LogP contribution in [0.1, 0.15) is 31.7 Å². The summed E-state index contributed by atoms with van der Waals surface area (Å²) in [6.45, 7) is 6.46. The van der Waals surface area contributed by atoms with Crippen molar-refractivity contribution < 1.29 is 14.3 Å². The molecule has 0 spiro atoms. The summed E-state index contributed by atoms with van der Waals surface area (Å²) in [6, 6.07) is 9.86. The van der Waals surface area contributed by atoms with Gasteiger partial charge >= 0.3 is 0 Å². The first kappa shape index (κ1) is 26.6. The zero-order valence-electron chi connectivity index (χ0n) is 17.0. The van der Waals surface area contributed by atoms with Crippen LogP contribution in [0.3, 0.4) is 0 Å². The van der Waals surface area contributed by atoms with Crippen LogP contribution < -0.4 is 16.0 Å². The quantitative estimate of drug-likeness (QED) is 0.156. The first-order chi connectivity index (χ1) is 13.3. The molecule has 0 aromatic heterocycles. The number of hydrogen-bond acceptors (Lipinski definition) is 4. The van der Waals surface area contributed by atoms with Crippen LogP contribution in [0.15, 0.2) is 35.3 Å². The van der Waals surface area contributed by atoms with Gasteiger partial charge in [0, 0.05) is 39.7 Å². The number of benzene rings is 1. The molecule has 0 fully saturated rings. The monoisotopic (exact) mass is 506 g/mol. The molecule has 0 aliphatic heterocycles. The molecule has 7 nitrogen and oxygen atoms in total. The standard InChI is InChI=1S/C20H34N4O3.HI/c1-3-4-13-26-15-16-27-14-12-23-20(21-2)22-11-10-19(25)24-17-18-8-6-5-7-9-18;/h5-9H,3-4,10-17H2,1-2H3,(H,24,25)(H2,21,22,23);1H. The summed E-state index contributed by atoms with van der Waals surface area (Å²) < 4.78 is 10.9. The van der Waals surface area contributed by atoms with Gasteiger partial charge in [0.15, 0.2) is 5.96 Å². The van der Waals surface area contributed by atoms with Crippen LogP contribution in [0.4, 0.5) is 0 Å². The van der Waals surface area contributed by atoms with Gasteiger partial charge in [-0.2, -0.15) is 0 Å². The Morgan fingerprint density at radius 3 is 2.32 bits per heavy atom. The van der Waals surface area contributed by atoms with Gasteiger partial charge in [-0.05, 0) is 12.0 Å². The van der Waals surface area contributed by atoms with Crippen LogP contribution in [-0.4, -0.2) is 58.4 Å². The fraction of sp³-hybridized carbons (Fsp3) is 0.600. The van der Waals surface area contributed by atoms with Crippen LogP contribution in [0.25, 0.3) is 0 Å². The van der Waals surface area contributed by atoms with E-state index in [1.807, 2.05) is 30.3 Å². The molecule has 0 atom stereocenters. The van der Waals surface area contributed by atoms with Crippen molar-refractivity contribution in [3.63, 3.8) is 0 Å². The number of aliphatic imine (C=N–C) groups is 1. The molecule has 1 rings (SSSR count). The number of rotatable bonds is 14. The van der Waals surface area contributed by atoms with Gasteiger partial charge in [0.05, 0.1) is 19.8 Å². The zero-order chi connectivity index (χ0) is 19.6. The lowest BCUT2D eigenvalue weighted by Crippen LogP contribution is -2.40. The number of nitrogens with zero attached hydrogens (tertiary/aromatic N) is 1. The molecule has 0 radical (unpaired) electrons. The predicted octanol–water partition coefficient (Wildman–Crippen LogP) is 2.31. The maximum atomic E-state index is 11.9. The summed E-state index contributed by atoms with van der Waals surface area (Å²) in [5.41, 5.74) is 1.09. The molecule has 28 heavy (non-hydrogen) atoms. The molecule has 1 amide bonds. The third-order valence-electron chi connectivity index (χ3n) is 3.75. The molecule has 0 bridgehead atoms. The number of halogens is 1. The largest absolute Gasteiger partial charge is 0.379 e. The number of ether oxygens (including phenoxy) is 2. The van der Waals surface area contributed by atoms with E-state index in [0.29, 0.717) is 51.8 Å². The lowest BCUT2D eigenvalue weighted by Gasteiger charge is -2.12.